The predicted octanol–water partition coefficient (Wildman–Crippen LogP) is 3.85. The molecule has 0 spiro atoms. The van der Waals surface area contributed by atoms with Crippen molar-refractivity contribution < 1.29 is 26.9 Å². The van der Waals surface area contributed by atoms with Gasteiger partial charge in [0.2, 0.25) is 0 Å². The van der Waals surface area contributed by atoms with Gasteiger partial charge in [0.25, 0.3) is 11.6 Å². The van der Waals surface area contributed by atoms with Crippen molar-refractivity contribution in [3.8, 4) is 0 Å². The summed E-state index contributed by atoms with van der Waals surface area (Å²) in [6.45, 7) is -0.457. The fourth-order valence-corrected chi connectivity index (χ4v) is 2.22. The molecule has 0 bridgehead atoms. The lowest BCUT2D eigenvalue weighted by molar-refractivity contribution is -0.385. The maximum Gasteiger partial charge on any atom is 0.418 e. The van der Waals surface area contributed by atoms with Crippen molar-refractivity contribution in [3.05, 3.63) is 33.9 Å². The van der Waals surface area contributed by atoms with Gasteiger partial charge in [0.05, 0.1) is 10.5 Å². The van der Waals surface area contributed by atoms with Crippen LogP contribution in [0.5, 0.6) is 0 Å². The summed E-state index contributed by atoms with van der Waals surface area (Å²) in [4.78, 5) is 10.8. The molecule has 0 radical (unpaired) electrons. The summed E-state index contributed by atoms with van der Waals surface area (Å²) in [5, 5.41) is 10.6. The maximum absolute atomic E-state index is 13.1. The van der Waals surface area contributed by atoms with E-state index in [0.29, 0.717) is 6.07 Å². The molecule has 0 N–H and O–H groups in total. The van der Waals surface area contributed by atoms with Crippen molar-refractivity contribution in [1.29, 1.82) is 0 Å². The summed E-state index contributed by atoms with van der Waals surface area (Å²) >= 11 is 0. The highest BCUT2D eigenvalue weighted by molar-refractivity contribution is 5.59. The Bertz CT molecular complexity index is 549. The molecule has 1 saturated heterocycles. The molecule has 1 fully saturated rings. The second-order valence-electron chi connectivity index (χ2n) is 4.80. The molecule has 4 nitrogen and oxygen atoms in total. The molecule has 1 aromatic carbocycles. The molecule has 0 saturated carbocycles. The molecule has 9 heteroatoms. The molecule has 1 aromatic rings. The average Bonchev–Trinajstić information content (AvgIpc) is 2.37. The third-order valence-corrected chi connectivity index (χ3v) is 3.33. The number of hydrogen-bond donors (Lipinski definition) is 0. The lowest BCUT2D eigenvalue weighted by Crippen LogP contribution is -2.40. The van der Waals surface area contributed by atoms with Crippen molar-refractivity contribution in [2.24, 2.45) is 0 Å². The van der Waals surface area contributed by atoms with Crippen LogP contribution in [0.2, 0.25) is 0 Å². The average molecular weight is 310 g/mol. The summed E-state index contributed by atoms with van der Waals surface area (Å²) in [6, 6.07) is 2.34. The predicted molar refractivity (Wildman–Crippen MR) is 64.5 cm³/mol. The van der Waals surface area contributed by atoms with Crippen LogP contribution in [0.15, 0.2) is 18.2 Å². The molecular formula is C12H11F5N2O2. The molecule has 21 heavy (non-hydrogen) atoms. The van der Waals surface area contributed by atoms with Crippen LogP contribution in [0.25, 0.3) is 0 Å². The van der Waals surface area contributed by atoms with Gasteiger partial charge in [0.15, 0.2) is 0 Å². The first-order valence-electron chi connectivity index (χ1n) is 6.08. The van der Waals surface area contributed by atoms with Crippen LogP contribution in [-0.2, 0) is 6.18 Å². The Balaban J connectivity index is 2.37. The van der Waals surface area contributed by atoms with E-state index in [1.807, 2.05) is 0 Å². The van der Waals surface area contributed by atoms with E-state index in [9.17, 15) is 32.1 Å². The molecule has 0 aliphatic carbocycles. The minimum absolute atomic E-state index is 0.228. The molecule has 116 valence electrons. The van der Waals surface area contributed by atoms with Gasteiger partial charge < -0.3 is 4.90 Å². The molecule has 0 unspecified atom stereocenters. The van der Waals surface area contributed by atoms with Crippen LogP contribution in [0.3, 0.4) is 0 Å². The number of nitro groups is 1. The SMILES string of the molecule is O=[N+]([O-])c1ccc(N2CCC(F)(F)CC2)c(C(F)(F)F)c1. The molecule has 1 aliphatic rings. The summed E-state index contributed by atoms with van der Waals surface area (Å²) < 4.78 is 65.1. The molecular weight excluding hydrogens is 299 g/mol. The van der Waals surface area contributed by atoms with Crippen LogP contribution in [0.1, 0.15) is 18.4 Å². The largest absolute Gasteiger partial charge is 0.418 e. The number of alkyl halides is 5. The molecule has 0 aromatic heterocycles. The maximum atomic E-state index is 13.1. The van der Waals surface area contributed by atoms with Crippen LogP contribution in [-0.4, -0.2) is 23.9 Å². The van der Waals surface area contributed by atoms with E-state index in [-0.39, 0.29) is 18.8 Å². The third-order valence-electron chi connectivity index (χ3n) is 3.33. The zero-order valence-corrected chi connectivity index (χ0v) is 10.7. The van der Waals surface area contributed by atoms with Gasteiger partial charge in [-0.2, -0.15) is 13.2 Å². The minimum atomic E-state index is -4.79. The van der Waals surface area contributed by atoms with Crippen LogP contribution in [0.4, 0.5) is 33.3 Å². The number of piperidine rings is 1. The smallest absolute Gasteiger partial charge is 0.371 e. The van der Waals surface area contributed by atoms with Gasteiger partial charge in [0, 0.05) is 43.8 Å². The molecule has 1 aliphatic heterocycles. The number of benzene rings is 1. The third kappa shape index (κ3) is 3.40. The van der Waals surface area contributed by atoms with Gasteiger partial charge in [-0.25, -0.2) is 8.78 Å². The minimum Gasteiger partial charge on any atom is -0.371 e. The lowest BCUT2D eigenvalue weighted by Gasteiger charge is -2.34. The van der Waals surface area contributed by atoms with Gasteiger partial charge in [-0.15, -0.1) is 0 Å². The Morgan fingerprint density at radius 1 is 1.19 bits per heavy atom. The highest BCUT2D eigenvalue weighted by Gasteiger charge is 2.39. The quantitative estimate of drug-likeness (QED) is 0.473. The van der Waals surface area contributed by atoms with E-state index in [0.717, 1.165) is 12.1 Å². The second kappa shape index (κ2) is 5.12. The number of halogens is 5. The number of non-ortho nitro benzene ring substituents is 1. The van der Waals surface area contributed by atoms with Gasteiger partial charge in [-0.1, -0.05) is 0 Å². The van der Waals surface area contributed by atoms with Gasteiger partial charge in [0.1, 0.15) is 0 Å². The fourth-order valence-electron chi connectivity index (χ4n) is 2.22. The standard InChI is InChI=1S/C12H11F5N2O2/c13-11(14)3-5-18(6-4-11)10-2-1-8(19(20)21)7-9(10)12(15,16)17/h1-2,7H,3-6H2. The Hall–Kier alpha value is -1.93. The number of hydrogen-bond acceptors (Lipinski definition) is 3. The van der Waals surface area contributed by atoms with Crippen molar-refractivity contribution in [2.75, 3.05) is 18.0 Å². The fraction of sp³-hybridized carbons (Fsp3) is 0.500. The van der Waals surface area contributed by atoms with Crippen molar-refractivity contribution in [2.45, 2.75) is 24.9 Å². The molecule has 0 atom stereocenters. The number of rotatable bonds is 2. The topological polar surface area (TPSA) is 46.4 Å². The zero-order valence-electron chi connectivity index (χ0n) is 10.7. The Labute approximate surface area is 116 Å². The monoisotopic (exact) mass is 310 g/mol. The highest BCUT2D eigenvalue weighted by Crippen LogP contribution is 2.40. The van der Waals surface area contributed by atoms with E-state index < -0.39 is 41.1 Å². The van der Waals surface area contributed by atoms with E-state index in [2.05, 4.69) is 0 Å². The summed E-state index contributed by atoms with van der Waals surface area (Å²) in [5.74, 6) is -2.88. The number of nitro benzene ring substituents is 1. The van der Waals surface area contributed by atoms with Gasteiger partial charge >= 0.3 is 6.18 Å². The summed E-state index contributed by atoms with van der Waals surface area (Å²) in [6.07, 6.45) is -5.87. The van der Waals surface area contributed by atoms with E-state index in [4.69, 9.17) is 0 Å². The Morgan fingerprint density at radius 2 is 1.76 bits per heavy atom. The number of anilines is 1. The Kier molecular flexibility index (Phi) is 3.77. The van der Waals surface area contributed by atoms with E-state index in [1.54, 1.807) is 0 Å². The van der Waals surface area contributed by atoms with Crippen LogP contribution >= 0.6 is 0 Å². The molecule has 2 rings (SSSR count). The van der Waals surface area contributed by atoms with Crippen molar-refractivity contribution >= 4 is 11.4 Å². The molecule has 0 amide bonds. The zero-order chi connectivity index (χ0) is 15.8. The first kappa shape index (κ1) is 15.5. The normalized spacial score (nSPS) is 18.6. The van der Waals surface area contributed by atoms with E-state index >= 15 is 0 Å². The summed E-state index contributed by atoms with van der Waals surface area (Å²) in [7, 11) is 0. The molecule has 1 heterocycles. The van der Waals surface area contributed by atoms with Gasteiger partial charge in [-0.3, -0.25) is 10.1 Å². The van der Waals surface area contributed by atoms with Gasteiger partial charge in [-0.05, 0) is 6.07 Å². The number of nitrogens with zero attached hydrogens (tertiary/aromatic N) is 2. The first-order chi connectivity index (χ1) is 9.60. The first-order valence-corrected chi connectivity index (χ1v) is 6.08. The van der Waals surface area contributed by atoms with Crippen molar-refractivity contribution in [1.82, 2.24) is 0 Å². The lowest BCUT2D eigenvalue weighted by atomic mass is 10.0. The van der Waals surface area contributed by atoms with Crippen molar-refractivity contribution in [3.63, 3.8) is 0 Å². The van der Waals surface area contributed by atoms with Crippen LogP contribution < -0.4 is 4.90 Å². The van der Waals surface area contributed by atoms with Crippen LogP contribution in [0, 0.1) is 10.1 Å². The van der Waals surface area contributed by atoms with E-state index in [1.165, 1.54) is 4.90 Å². The second-order valence-corrected chi connectivity index (χ2v) is 4.80. The highest BCUT2D eigenvalue weighted by atomic mass is 19.4. The summed E-state index contributed by atoms with van der Waals surface area (Å²) in [5.41, 5.74) is -2.17. The Morgan fingerprint density at radius 3 is 2.24 bits per heavy atom.